The van der Waals surface area contributed by atoms with E-state index in [0.717, 1.165) is 29.7 Å². The fourth-order valence-electron chi connectivity index (χ4n) is 1.90. The van der Waals surface area contributed by atoms with Gasteiger partial charge >= 0.3 is 0 Å². The second-order valence-electron chi connectivity index (χ2n) is 4.53. The maximum Gasteiger partial charge on any atom is 0.258 e. The number of hydrogen-bond donors (Lipinski definition) is 1. The molecule has 0 unspecified atom stereocenters. The van der Waals surface area contributed by atoms with Crippen molar-refractivity contribution >= 4 is 45.8 Å². The molecule has 0 aliphatic carbocycles. The summed E-state index contributed by atoms with van der Waals surface area (Å²) in [6.45, 7) is 3.67. The van der Waals surface area contributed by atoms with E-state index in [4.69, 9.17) is 12.2 Å². The van der Waals surface area contributed by atoms with Gasteiger partial charge in [0.1, 0.15) is 0 Å². The van der Waals surface area contributed by atoms with E-state index in [1.165, 1.54) is 0 Å². The first-order valence-electron chi connectivity index (χ1n) is 6.11. The Labute approximate surface area is 132 Å². The summed E-state index contributed by atoms with van der Waals surface area (Å²) in [5, 5.41) is 3.34. The lowest BCUT2D eigenvalue weighted by Gasteiger charge is -2.33. The lowest BCUT2D eigenvalue weighted by atomic mass is 10.2. The lowest BCUT2D eigenvalue weighted by molar-refractivity contribution is 0.0970. The van der Waals surface area contributed by atoms with Gasteiger partial charge in [0.15, 0.2) is 5.11 Å². The fourth-order valence-corrected chi connectivity index (χ4v) is 2.81. The van der Waals surface area contributed by atoms with E-state index in [1.54, 1.807) is 0 Å². The van der Waals surface area contributed by atoms with Crippen molar-refractivity contribution < 1.29 is 4.79 Å². The Morgan fingerprint density at radius 3 is 2.53 bits per heavy atom. The lowest BCUT2D eigenvalue weighted by Crippen LogP contribution is -2.51. The van der Waals surface area contributed by atoms with Crippen molar-refractivity contribution in [1.29, 1.82) is 0 Å². The Balaban J connectivity index is 1.96. The van der Waals surface area contributed by atoms with Gasteiger partial charge in [-0.05, 0) is 54.0 Å². The zero-order valence-electron chi connectivity index (χ0n) is 10.7. The third-order valence-electron chi connectivity index (χ3n) is 3.13. The van der Waals surface area contributed by atoms with Crippen molar-refractivity contribution in [2.75, 3.05) is 33.2 Å². The molecular weight excluding hydrogens is 373 g/mol. The third-order valence-corrected chi connectivity index (χ3v) is 4.43. The first-order chi connectivity index (χ1) is 9.08. The normalized spacial score (nSPS) is 16.2. The smallest absolute Gasteiger partial charge is 0.258 e. The molecular formula is C13H16IN3OS. The van der Waals surface area contributed by atoms with Gasteiger partial charge in [0.2, 0.25) is 0 Å². The number of rotatable bonds is 1. The predicted octanol–water partition coefficient (Wildman–Crippen LogP) is 1.55. The molecule has 1 aliphatic heterocycles. The quantitative estimate of drug-likeness (QED) is 0.584. The Morgan fingerprint density at radius 1 is 1.26 bits per heavy atom. The Bertz CT molecular complexity index is 487. The molecule has 1 aliphatic rings. The molecule has 0 radical (unpaired) electrons. The van der Waals surface area contributed by atoms with E-state index in [1.807, 2.05) is 29.2 Å². The molecule has 0 atom stereocenters. The highest BCUT2D eigenvalue weighted by Gasteiger charge is 2.18. The van der Waals surface area contributed by atoms with Gasteiger partial charge in [-0.2, -0.15) is 0 Å². The summed E-state index contributed by atoms with van der Waals surface area (Å²) in [5.74, 6) is -0.131. The topological polar surface area (TPSA) is 35.6 Å². The van der Waals surface area contributed by atoms with Crippen LogP contribution in [0.4, 0.5) is 0 Å². The van der Waals surface area contributed by atoms with E-state index >= 15 is 0 Å². The van der Waals surface area contributed by atoms with Crippen molar-refractivity contribution in [1.82, 2.24) is 15.1 Å². The van der Waals surface area contributed by atoms with Crippen LogP contribution >= 0.6 is 34.8 Å². The summed E-state index contributed by atoms with van der Waals surface area (Å²) in [7, 11) is 2.09. The minimum atomic E-state index is -0.131. The summed E-state index contributed by atoms with van der Waals surface area (Å²) in [6, 6.07) is 7.49. The van der Waals surface area contributed by atoms with Crippen molar-refractivity contribution in [3.63, 3.8) is 0 Å². The molecule has 6 heteroatoms. The highest BCUT2D eigenvalue weighted by molar-refractivity contribution is 14.1. The van der Waals surface area contributed by atoms with Crippen LogP contribution in [0.15, 0.2) is 24.3 Å². The molecule has 1 aromatic rings. The van der Waals surface area contributed by atoms with Crippen molar-refractivity contribution in [3.05, 3.63) is 33.4 Å². The molecule has 1 N–H and O–H groups in total. The van der Waals surface area contributed by atoms with Gasteiger partial charge in [-0.15, -0.1) is 0 Å². The first kappa shape index (κ1) is 14.7. The molecule has 1 fully saturated rings. The highest BCUT2D eigenvalue weighted by Crippen LogP contribution is 2.11. The molecule has 1 aromatic carbocycles. The first-order valence-corrected chi connectivity index (χ1v) is 7.60. The van der Waals surface area contributed by atoms with Gasteiger partial charge in [-0.1, -0.05) is 12.1 Å². The van der Waals surface area contributed by atoms with Gasteiger partial charge in [-0.3, -0.25) is 10.1 Å². The van der Waals surface area contributed by atoms with E-state index in [0.29, 0.717) is 10.7 Å². The number of benzene rings is 1. The predicted molar refractivity (Wildman–Crippen MR) is 88.3 cm³/mol. The third kappa shape index (κ3) is 3.87. The van der Waals surface area contributed by atoms with Crippen molar-refractivity contribution in [2.45, 2.75) is 0 Å². The maximum absolute atomic E-state index is 12.1. The number of hydrogen-bond acceptors (Lipinski definition) is 3. The zero-order chi connectivity index (χ0) is 13.8. The molecule has 2 rings (SSSR count). The van der Waals surface area contributed by atoms with Gasteiger partial charge in [-0.25, -0.2) is 0 Å². The molecule has 0 bridgehead atoms. The number of carbonyl (C=O) groups is 1. The molecule has 1 amide bonds. The van der Waals surface area contributed by atoms with Crippen LogP contribution in [-0.2, 0) is 0 Å². The van der Waals surface area contributed by atoms with Gasteiger partial charge in [0, 0.05) is 29.7 Å². The SMILES string of the molecule is CN1CCN(C(=S)NC(=O)c2ccccc2I)CC1. The summed E-state index contributed by atoms with van der Waals surface area (Å²) >= 11 is 7.46. The standard InChI is InChI=1S/C13H16IN3OS/c1-16-6-8-17(9-7-16)13(19)15-12(18)10-4-2-3-5-11(10)14/h2-5H,6-9H2,1H3,(H,15,18,19). The summed E-state index contributed by atoms with van der Waals surface area (Å²) in [5.41, 5.74) is 0.666. The number of piperazine rings is 1. The van der Waals surface area contributed by atoms with E-state index in [2.05, 4.69) is 39.9 Å². The Kier molecular flexibility index (Phi) is 5.12. The number of amides is 1. The minimum Gasteiger partial charge on any atom is -0.346 e. The van der Waals surface area contributed by atoms with Gasteiger partial charge in [0.05, 0.1) is 5.56 Å². The fraction of sp³-hybridized carbons (Fsp3) is 0.385. The number of halogens is 1. The van der Waals surface area contributed by atoms with Crippen LogP contribution in [0.1, 0.15) is 10.4 Å². The van der Waals surface area contributed by atoms with Crippen LogP contribution < -0.4 is 5.32 Å². The average Bonchev–Trinajstić information content (AvgIpc) is 2.39. The summed E-state index contributed by atoms with van der Waals surface area (Å²) < 4.78 is 0.929. The molecule has 0 aromatic heterocycles. The van der Waals surface area contributed by atoms with Crippen LogP contribution in [-0.4, -0.2) is 54.0 Å². The summed E-state index contributed by atoms with van der Waals surface area (Å²) in [6.07, 6.45) is 0. The van der Waals surface area contributed by atoms with Gasteiger partial charge < -0.3 is 9.80 Å². The number of likely N-dealkylation sites (N-methyl/N-ethyl adjacent to an activating group) is 1. The second-order valence-corrected chi connectivity index (χ2v) is 6.08. The minimum absolute atomic E-state index is 0.131. The number of thiocarbonyl (C=S) groups is 1. The van der Waals surface area contributed by atoms with E-state index in [-0.39, 0.29) is 5.91 Å². The number of carbonyl (C=O) groups excluding carboxylic acids is 1. The van der Waals surface area contributed by atoms with Crippen molar-refractivity contribution in [3.8, 4) is 0 Å². The van der Waals surface area contributed by atoms with Crippen LogP contribution in [0.5, 0.6) is 0 Å². The van der Waals surface area contributed by atoms with Crippen LogP contribution in [0.25, 0.3) is 0 Å². The maximum atomic E-state index is 12.1. The highest BCUT2D eigenvalue weighted by atomic mass is 127. The molecule has 102 valence electrons. The Hall–Kier alpha value is -0.730. The van der Waals surface area contributed by atoms with Crippen LogP contribution in [0.3, 0.4) is 0 Å². The Morgan fingerprint density at radius 2 is 1.89 bits per heavy atom. The molecule has 1 heterocycles. The van der Waals surface area contributed by atoms with Crippen molar-refractivity contribution in [2.24, 2.45) is 0 Å². The monoisotopic (exact) mass is 389 g/mol. The number of nitrogens with zero attached hydrogens (tertiary/aromatic N) is 2. The largest absolute Gasteiger partial charge is 0.346 e. The molecule has 0 saturated carbocycles. The second kappa shape index (κ2) is 6.62. The molecule has 1 saturated heterocycles. The zero-order valence-corrected chi connectivity index (χ0v) is 13.7. The van der Waals surface area contributed by atoms with E-state index < -0.39 is 0 Å². The summed E-state index contributed by atoms with van der Waals surface area (Å²) in [4.78, 5) is 16.4. The van der Waals surface area contributed by atoms with Crippen LogP contribution in [0, 0.1) is 3.57 Å². The van der Waals surface area contributed by atoms with E-state index in [9.17, 15) is 4.79 Å². The van der Waals surface area contributed by atoms with Crippen LogP contribution in [0.2, 0.25) is 0 Å². The molecule has 0 spiro atoms. The number of nitrogens with one attached hydrogen (secondary N) is 1. The average molecular weight is 389 g/mol. The molecule has 19 heavy (non-hydrogen) atoms. The molecule has 4 nitrogen and oxygen atoms in total. The van der Waals surface area contributed by atoms with Gasteiger partial charge in [0.25, 0.3) is 5.91 Å².